The number of alkyl halides is 3. The molecule has 1 aromatic heterocycles. The Bertz CT molecular complexity index is 785. The normalized spacial score (nSPS) is 12.6. The second-order valence-electron chi connectivity index (χ2n) is 5.26. The standard InChI is InChI=1S/C16H15F3N2O3S/c1-8-13(25-10(3)20-8)15(23)24-9(2)14(22)21-12-6-4-11(5-7-12)16(17,18)19/h4-7,9H,1-3H3,(H,21,22)/t9-/m0/s1. The predicted molar refractivity (Wildman–Crippen MR) is 86.5 cm³/mol. The molecule has 0 aliphatic carbocycles. The molecule has 0 saturated carbocycles. The summed E-state index contributed by atoms with van der Waals surface area (Å²) < 4.78 is 42.6. The highest BCUT2D eigenvalue weighted by Gasteiger charge is 2.30. The average Bonchev–Trinajstić information content (AvgIpc) is 2.85. The van der Waals surface area contributed by atoms with Crippen LogP contribution in [0, 0.1) is 13.8 Å². The van der Waals surface area contributed by atoms with Crippen LogP contribution in [-0.2, 0) is 15.7 Å². The van der Waals surface area contributed by atoms with E-state index in [0.717, 1.165) is 35.6 Å². The molecule has 9 heteroatoms. The molecule has 1 heterocycles. The summed E-state index contributed by atoms with van der Waals surface area (Å²) in [4.78, 5) is 28.5. The minimum absolute atomic E-state index is 0.172. The van der Waals surface area contributed by atoms with Crippen LogP contribution in [0.2, 0.25) is 0 Å². The Balaban J connectivity index is 1.98. The van der Waals surface area contributed by atoms with Gasteiger partial charge in [0.25, 0.3) is 5.91 Å². The molecular weight excluding hydrogens is 357 g/mol. The van der Waals surface area contributed by atoms with Crippen LogP contribution in [0.15, 0.2) is 24.3 Å². The van der Waals surface area contributed by atoms with Crippen LogP contribution >= 0.6 is 11.3 Å². The van der Waals surface area contributed by atoms with Gasteiger partial charge in [-0.3, -0.25) is 4.79 Å². The number of hydrogen-bond acceptors (Lipinski definition) is 5. The van der Waals surface area contributed by atoms with Crippen LogP contribution in [0.25, 0.3) is 0 Å². The van der Waals surface area contributed by atoms with Gasteiger partial charge in [0.1, 0.15) is 4.88 Å². The lowest BCUT2D eigenvalue weighted by Gasteiger charge is -2.14. The molecule has 1 atom stereocenters. The van der Waals surface area contributed by atoms with Crippen LogP contribution in [0.1, 0.15) is 32.9 Å². The lowest BCUT2D eigenvalue weighted by Crippen LogP contribution is -2.30. The van der Waals surface area contributed by atoms with E-state index in [-0.39, 0.29) is 5.69 Å². The van der Waals surface area contributed by atoms with Crippen molar-refractivity contribution in [3.63, 3.8) is 0 Å². The number of halogens is 3. The molecular formula is C16H15F3N2O3S. The van der Waals surface area contributed by atoms with Crippen molar-refractivity contribution in [2.75, 3.05) is 5.32 Å². The Morgan fingerprint density at radius 3 is 2.28 bits per heavy atom. The number of esters is 1. The van der Waals surface area contributed by atoms with Crippen molar-refractivity contribution in [3.05, 3.63) is 45.4 Å². The van der Waals surface area contributed by atoms with Gasteiger partial charge in [0, 0.05) is 5.69 Å². The van der Waals surface area contributed by atoms with E-state index in [1.54, 1.807) is 13.8 Å². The highest BCUT2D eigenvalue weighted by molar-refractivity contribution is 7.13. The third-order valence-electron chi connectivity index (χ3n) is 3.22. The van der Waals surface area contributed by atoms with E-state index < -0.39 is 29.7 Å². The van der Waals surface area contributed by atoms with Crippen LogP contribution in [-0.4, -0.2) is 23.0 Å². The zero-order valence-corrected chi connectivity index (χ0v) is 14.4. The maximum atomic E-state index is 12.5. The number of nitrogens with zero attached hydrogens (tertiary/aromatic N) is 1. The zero-order chi connectivity index (χ0) is 18.8. The van der Waals surface area contributed by atoms with E-state index >= 15 is 0 Å². The van der Waals surface area contributed by atoms with E-state index in [2.05, 4.69) is 10.3 Å². The topological polar surface area (TPSA) is 68.3 Å². The monoisotopic (exact) mass is 372 g/mol. The van der Waals surface area contributed by atoms with E-state index in [4.69, 9.17) is 4.74 Å². The number of benzene rings is 1. The number of ether oxygens (including phenoxy) is 1. The van der Waals surface area contributed by atoms with Crippen LogP contribution in [0.3, 0.4) is 0 Å². The second-order valence-corrected chi connectivity index (χ2v) is 6.46. The maximum Gasteiger partial charge on any atom is 0.416 e. The Morgan fingerprint density at radius 2 is 1.80 bits per heavy atom. The molecule has 25 heavy (non-hydrogen) atoms. The summed E-state index contributed by atoms with van der Waals surface area (Å²) in [6.45, 7) is 4.78. The van der Waals surface area contributed by atoms with Crippen molar-refractivity contribution in [2.24, 2.45) is 0 Å². The molecule has 0 spiro atoms. The highest BCUT2D eigenvalue weighted by Crippen LogP contribution is 2.29. The van der Waals surface area contributed by atoms with Crippen molar-refractivity contribution >= 4 is 28.9 Å². The first-order valence-electron chi connectivity index (χ1n) is 7.21. The van der Waals surface area contributed by atoms with Crippen LogP contribution in [0.5, 0.6) is 0 Å². The van der Waals surface area contributed by atoms with Crippen LogP contribution < -0.4 is 5.32 Å². The van der Waals surface area contributed by atoms with Gasteiger partial charge in [0.15, 0.2) is 6.10 Å². The first kappa shape index (κ1) is 18.9. The fourth-order valence-electron chi connectivity index (χ4n) is 1.97. The Kier molecular flexibility index (Phi) is 5.46. The van der Waals surface area contributed by atoms with Gasteiger partial charge >= 0.3 is 12.1 Å². The zero-order valence-electron chi connectivity index (χ0n) is 13.6. The number of amides is 1. The third-order valence-corrected chi connectivity index (χ3v) is 4.27. The Morgan fingerprint density at radius 1 is 1.20 bits per heavy atom. The van der Waals surface area contributed by atoms with Gasteiger partial charge < -0.3 is 10.1 Å². The maximum absolute atomic E-state index is 12.5. The van der Waals surface area contributed by atoms with Crippen molar-refractivity contribution in [1.29, 1.82) is 0 Å². The molecule has 0 aliphatic rings. The number of anilines is 1. The molecule has 0 fully saturated rings. The minimum Gasteiger partial charge on any atom is -0.448 e. The Labute approximate surface area is 145 Å². The van der Waals surface area contributed by atoms with Crippen molar-refractivity contribution in [3.8, 4) is 0 Å². The van der Waals surface area contributed by atoms with Gasteiger partial charge in [-0.05, 0) is 45.0 Å². The van der Waals surface area contributed by atoms with Gasteiger partial charge in [0.2, 0.25) is 0 Å². The molecule has 0 bridgehead atoms. The number of hydrogen-bond donors (Lipinski definition) is 1. The average molecular weight is 372 g/mol. The van der Waals surface area contributed by atoms with E-state index in [1.165, 1.54) is 6.92 Å². The van der Waals surface area contributed by atoms with Crippen molar-refractivity contribution in [2.45, 2.75) is 33.1 Å². The molecule has 1 aromatic carbocycles. The molecule has 2 rings (SSSR count). The van der Waals surface area contributed by atoms with Crippen LogP contribution in [0.4, 0.5) is 18.9 Å². The van der Waals surface area contributed by atoms with E-state index in [1.807, 2.05) is 0 Å². The molecule has 0 aliphatic heterocycles. The summed E-state index contributed by atoms with van der Waals surface area (Å²) >= 11 is 1.16. The molecule has 0 unspecified atom stereocenters. The van der Waals surface area contributed by atoms with Gasteiger partial charge in [-0.1, -0.05) is 0 Å². The first-order chi connectivity index (χ1) is 11.6. The lowest BCUT2D eigenvalue weighted by molar-refractivity contribution is -0.137. The molecule has 1 amide bonds. The van der Waals surface area contributed by atoms with Gasteiger partial charge in [0.05, 0.1) is 16.3 Å². The fourth-order valence-corrected chi connectivity index (χ4v) is 2.78. The third kappa shape index (κ3) is 4.79. The SMILES string of the molecule is Cc1nc(C)c(C(=O)O[C@@H](C)C(=O)Nc2ccc(C(F)(F)F)cc2)s1. The summed E-state index contributed by atoms with van der Waals surface area (Å²) in [5.74, 6) is -1.31. The minimum atomic E-state index is -4.45. The predicted octanol–water partition coefficient (Wildman–Crippen LogP) is 3.96. The summed E-state index contributed by atoms with van der Waals surface area (Å²) in [5, 5.41) is 3.10. The number of carbonyl (C=O) groups excluding carboxylic acids is 2. The van der Waals surface area contributed by atoms with Gasteiger partial charge in [-0.15, -0.1) is 11.3 Å². The molecule has 0 radical (unpaired) electrons. The number of aromatic nitrogens is 1. The van der Waals surface area contributed by atoms with Crippen molar-refractivity contribution < 1.29 is 27.5 Å². The summed E-state index contributed by atoms with van der Waals surface area (Å²) in [6, 6.07) is 3.98. The number of aryl methyl sites for hydroxylation is 2. The smallest absolute Gasteiger partial charge is 0.416 e. The van der Waals surface area contributed by atoms with Gasteiger partial charge in [-0.2, -0.15) is 13.2 Å². The molecule has 0 saturated heterocycles. The van der Waals surface area contributed by atoms with Gasteiger partial charge in [-0.25, -0.2) is 9.78 Å². The number of thiazole rings is 1. The highest BCUT2D eigenvalue weighted by atomic mass is 32.1. The fraction of sp³-hybridized carbons (Fsp3) is 0.312. The Hall–Kier alpha value is -2.42. The second kappa shape index (κ2) is 7.22. The molecule has 5 nitrogen and oxygen atoms in total. The number of carbonyl (C=O) groups is 2. The van der Waals surface area contributed by atoms with E-state index in [9.17, 15) is 22.8 Å². The molecule has 134 valence electrons. The summed E-state index contributed by atoms with van der Waals surface area (Å²) in [6.07, 6.45) is -5.56. The largest absolute Gasteiger partial charge is 0.448 e. The van der Waals surface area contributed by atoms with Crippen molar-refractivity contribution in [1.82, 2.24) is 4.98 Å². The first-order valence-corrected chi connectivity index (χ1v) is 8.02. The number of nitrogens with one attached hydrogen (secondary N) is 1. The lowest BCUT2D eigenvalue weighted by atomic mass is 10.2. The quantitative estimate of drug-likeness (QED) is 0.825. The summed E-state index contributed by atoms with van der Waals surface area (Å²) in [7, 11) is 0. The number of rotatable bonds is 4. The molecule has 1 N–H and O–H groups in total. The van der Waals surface area contributed by atoms with E-state index in [0.29, 0.717) is 15.6 Å². The summed E-state index contributed by atoms with van der Waals surface area (Å²) in [5.41, 5.74) is -0.130. The molecule has 2 aromatic rings.